The molecule has 0 heterocycles. The number of benzene rings is 3. The highest BCUT2D eigenvalue weighted by Gasteiger charge is 2.27. The molecule has 0 saturated heterocycles. The molecule has 7 heteroatoms. The summed E-state index contributed by atoms with van der Waals surface area (Å²) >= 11 is 0. The minimum absolute atomic E-state index is 0.131. The molecule has 0 fully saturated rings. The van der Waals surface area contributed by atoms with Crippen LogP contribution >= 0.6 is 0 Å². The van der Waals surface area contributed by atoms with Crippen LogP contribution in [0.4, 0.5) is 5.69 Å². The Hall–Kier alpha value is -3.32. The summed E-state index contributed by atoms with van der Waals surface area (Å²) in [5, 5.41) is 2.80. The second-order valence-corrected chi connectivity index (χ2v) is 9.12. The van der Waals surface area contributed by atoms with Crippen LogP contribution in [0, 0.1) is 13.8 Å². The molecule has 3 aromatic carbocycles. The van der Waals surface area contributed by atoms with E-state index in [9.17, 15) is 13.2 Å². The molecule has 0 unspecified atom stereocenters. The second-order valence-electron chi connectivity index (χ2n) is 7.26. The number of ether oxygens (including phenoxy) is 1. The largest absolute Gasteiger partial charge is 0.496 e. The third kappa shape index (κ3) is 5.44. The molecule has 0 atom stereocenters. The zero-order valence-electron chi connectivity index (χ0n) is 17.8. The molecule has 3 rings (SSSR count). The summed E-state index contributed by atoms with van der Waals surface area (Å²) in [6, 6.07) is 21.0. The van der Waals surface area contributed by atoms with Crippen LogP contribution in [-0.4, -0.2) is 28.0 Å². The Labute approximate surface area is 183 Å². The minimum Gasteiger partial charge on any atom is -0.496 e. The van der Waals surface area contributed by atoms with Gasteiger partial charge in [-0.25, -0.2) is 8.42 Å². The van der Waals surface area contributed by atoms with Crippen molar-refractivity contribution >= 4 is 21.6 Å². The summed E-state index contributed by atoms with van der Waals surface area (Å²) in [7, 11) is -2.37. The first-order valence-electron chi connectivity index (χ1n) is 9.86. The summed E-state index contributed by atoms with van der Waals surface area (Å²) in [6.45, 7) is 3.68. The van der Waals surface area contributed by atoms with Crippen LogP contribution < -0.4 is 14.4 Å². The third-order valence-corrected chi connectivity index (χ3v) is 6.57. The number of aryl methyl sites for hydroxylation is 2. The van der Waals surface area contributed by atoms with Gasteiger partial charge in [-0.1, -0.05) is 42.5 Å². The summed E-state index contributed by atoms with van der Waals surface area (Å²) in [4.78, 5) is 12.9. The normalized spacial score (nSPS) is 11.1. The number of methoxy groups -OCH3 is 1. The predicted molar refractivity (Wildman–Crippen MR) is 122 cm³/mol. The maximum atomic E-state index is 13.4. The van der Waals surface area contributed by atoms with E-state index in [0.717, 1.165) is 21.0 Å². The Kier molecular flexibility index (Phi) is 6.97. The first-order chi connectivity index (χ1) is 14.8. The average molecular weight is 439 g/mol. The van der Waals surface area contributed by atoms with Gasteiger partial charge in [0.1, 0.15) is 12.3 Å². The standard InChI is InChI=1S/C24H26N2O4S/c1-18-13-19(2)15-21(14-18)26(31(28,29)22-10-5-4-6-11-22)17-24(27)25-16-20-9-7-8-12-23(20)30-3/h4-15H,16-17H2,1-3H3,(H,25,27). The van der Waals surface area contributed by atoms with Gasteiger partial charge in [0.05, 0.1) is 17.7 Å². The van der Waals surface area contributed by atoms with E-state index in [4.69, 9.17) is 4.74 Å². The van der Waals surface area contributed by atoms with Crippen LogP contribution in [0.25, 0.3) is 0 Å². The van der Waals surface area contributed by atoms with Crippen LogP contribution in [0.2, 0.25) is 0 Å². The summed E-state index contributed by atoms with van der Waals surface area (Å²) in [5.41, 5.74) is 3.09. The van der Waals surface area contributed by atoms with Crippen LogP contribution in [0.15, 0.2) is 77.7 Å². The Morgan fingerprint density at radius 2 is 1.55 bits per heavy atom. The zero-order valence-corrected chi connectivity index (χ0v) is 18.6. The summed E-state index contributed by atoms with van der Waals surface area (Å²) < 4.78 is 33.2. The zero-order chi connectivity index (χ0) is 22.4. The van der Waals surface area contributed by atoms with Crippen LogP contribution in [0.5, 0.6) is 5.75 Å². The van der Waals surface area contributed by atoms with E-state index in [2.05, 4.69) is 5.32 Å². The molecule has 0 aromatic heterocycles. The van der Waals surface area contributed by atoms with Crippen molar-refractivity contribution in [2.45, 2.75) is 25.3 Å². The number of hydrogen-bond donors (Lipinski definition) is 1. The second kappa shape index (κ2) is 9.66. The van der Waals surface area contributed by atoms with Gasteiger partial charge in [0.2, 0.25) is 5.91 Å². The lowest BCUT2D eigenvalue weighted by Crippen LogP contribution is -2.40. The molecule has 0 aliphatic heterocycles. The third-order valence-electron chi connectivity index (χ3n) is 4.78. The number of carbonyl (C=O) groups is 1. The molecule has 0 bridgehead atoms. The highest BCUT2D eigenvalue weighted by Crippen LogP contribution is 2.26. The topological polar surface area (TPSA) is 75.7 Å². The molecule has 6 nitrogen and oxygen atoms in total. The Morgan fingerprint density at radius 3 is 2.19 bits per heavy atom. The Bertz CT molecular complexity index is 1140. The Balaban J connectivity index is 1.89. The fraction of sp³-hybridized carbons (Fsp3) is 0.208. The van der Waals surface area contributed by atoms with Crippen molar-refractivity contribution < 1.29 is 17.9 Å². The monoisotopic (exact) mass is 438 g/mol. The van der Waals surface area contributed by atoms with E-state index in [-0.39, 0.29) is 18.0 Å². The maximum Gasteiger partial charge on any atom is 0.264 e. The van der Waals surface area contributed by atoms with E-state index < -0.39 is 15.9 Å². The van der Waals surface area contributed by atoms with Crippen molar-refractivity contribution in [1.29, 1.82) is 0 Å². The molecule has 162 valence electrons. The lowest BCUT2D eigenvalue weighted by atomic mass is 10.1. The smallest absolute Gasteiger partial charge is 0.264 e. The number of nitrogens with one attached hydrogen (secondary N) is 1. The van der Waals surface area contributed by atoms with Crippen LogP contribution in [-0.2, 0) is 21.4 Å². The molecule has 0 aliphatic carbocycles. The van der Waals surface area contributed by atoms with Crippen molar-refractivity contribution in [1.82, 2.24) is 5.32 Å². The SMILES string of the molecule is COc1ccccc1CNC(=O)CN(c1cc(C)cc(C)c1)S(=O)(=O)c1ccccc1. The van der Waals surface area contributed by atoms with E-state index >= 15 is 0 Å². The van der Waals surface area contributed by atoms with Crippen molar-refractivity contribution in [3.8, 4) is 5.75 Å². The van der Waals surface area contributed by atoms with Crippen LogP contribution in [0.3, 0.4) is 0 Å². The summed E-state index contributed by atoms with van der Waals surface area (Å²) in [5.74, 6) is 0.246. The van der Waals surface area contributed by atoms with Crippen molar-refractivity contribution in [2.75, 3.05) is 18.0 Å². The minimum atomic E-state index is -3.93. The van der Waals surface area contributed by atoms with Gasteiger partial charge in [-0.2, -0.15) is 0 Å². The highest BCUT2D eigenvalue weighted by atomic mass is 32.2. The predicted octanol–water partition coefficient (Wildman–Crippen LogP) is 3.82. The number of amides is 1. The number of sulfonamides is 1. The first-order valence-corrected chi connectivity index (χ1v) is 11.3. The molecule has 0 spiro atoms. The Morgan fingerprint density at radius 1 is 0.935 bits per heavy atom. The number of para-hydroxylation sites is 1. The van der Waals surface area contributed by atoms with Gasteiger partial charge in [0.25, 0.3) is 10.0 Å². The number of rotatable bonds is 8. The van der Waals surface area contributed by atoms with Gasteiger partial charge in [-0.05, 0) is 55.3 Å². The maximum absolute atomic E-state index is 13.4. The highest BCUT2D eigenvalue weighted by molar-refractivity contribution is 7.92. The fourth-order valence-corrected chi connectivity index (χ4v) is 4.78. The van der Waals surface area contributed by atoms with Crippen molar-refractivity contribution in [3.05, 3.63) is 89.5 Å². The van der Waals surface area contributed by atoms with Crippen LogP contribution in [0.1, 0.15) is 16.7 Å². The number of carbonyl (C=O) groups excluding carboxylic acids is 1. The van der Waals surface area contributed by atoms with Gasteiger partial charge < -0.3 is 10.1 Å². The number of anilines is 1. The van der Waals surface area contributed by atoms with E-state index in [0.29, 0.717) is 11.4 Å². The van der Waals surface area contributed by atoms with Gasteiger partial charge in [-0.15, -0.1) is 0 Å². The van der Waals surface area contributed by atoms with E-state index in [1.165, 1.54) is 12.1 Å². The van der Waals surface area contributed by atoms with Gasteiger partial charge in [0.15, 0.2) is 0 Å². The van der Waals surface area contributed by atoms with E-state index in [1.54, 1.807) is 37.4 Å². The van der Waals surface area contributed by atoms with E-state index in [1.807, 2.05) is 44.2 Å². The molecular weight excluding hydrogens is 412 g/mol. The van der Waals surface area contributed by atoms with Gasteiger partial charge in [-0.3, -0.25) is 9.10 Å². The molecule has 1 amide bonds. The van der Waals surface area contributed by atoms with Gasteiger partial charge >= 0.3 is 0 Å². The molecule has 0 saturated carbocycles. The lowest BCUT2D eigenvalue weighted by molar-refractivity contribution is -0.119. The van der Waals surface area contributed by atoms with Crippen molar-refractivity contribution in [3.63, 3.8) is 0 Å². The lowest BCUT2D eigenvalue weighted by Gasteiger charge is -2.25. The summed E-state index contributed by atoms with van der Waals surface area (Å²) in [6.07, 6.45) is 0. The molecule has 31 heavy (non-hydrogen) atoms. The number of hydrogen-bond acceptors (Lipinski definition) is 4. The number of nitrogens with zero attached hydrogens (tertiary/aromatic N) is 1. The average Bonchev–Trinajstić information content (AvgIpc) is 2.76. The molecule has 1 N–H and O–H groups in total. The van der Waals surface area contributed by atoms with Crippen molar-refractivity contribution in [2.24, 2.45) is 0 Å². The molecular formula is C24H26N2O4S. The molecule has 0 aliphatic rings. The first kappa shape index (κ1) is 22.4. The molecule has 3 aromatic rings. The fourth-order valence-electron chi connectivity index (χ4n) is 3.36. The molecule has 0 radical (unpaired) electrons. The van der Waals surface area contributed by atoms with Gasteiger partial charge in [0, 0.05) is 12.1 Å². The quantitative estimate of drug-likeness (QED) is 0.580.